The molecule has 5 rings (SSSR count). The van der Waals surface area contributed by atoms with Crippen LogP contribution in [0, 0.1) is 0 Å². The maximum Gasteiger partial charge on any atom is 0.184 e. The Morgan fingerprint density at radius 2 is 2.10 bits per heavy atom. The number of aliphatic hydroxyl groups excluding tert-OH is 1. The van der Waals surface area contributed by atoms with Crippen molar-refractivity contribution in [3.05, 3.63) is 60.2 Å². The van der Waals surface area contributed by atoms with E-state index in [1.165, 1.54) is 6.08 Å². The van der Waals surface area contributed by atoms with Gasteiger partial charge in [-0.15, -0.1) is 0 Å². The number of fused-ring (bicyclic) bond motifs is 2. The first-order valence-corrected chi connectivity index (χ1v) is 11.1. The Balaban J connectivity index is 1.41. The van der Waals surface area contributed by atoms with E-state index in [1.807, 2.05) is 28.8 Å². The van der Waals surface area contributed by atoms with Crippen molar-refractivity contribution in [2.75, 3.05) is 5.32 Å². The SMILES string of the molecule is OC1CCCCC1Nc1nc2ccc(Cn3cnc4cccc(C=CF)c43)cc2s1. The average molecular weight is 423 g/mol. The first kappa shape index (κ1) is 19.2. The summed E-state index contributed by atoms with van der Waals surface area (Å²) in [6.07, 6.45) is 7.59. The van der Waals surface area contributed by atoms with Gasteiger partial charge in [-0.25, -0.2) is 14.4 Å². The van der Waals surface area contributed by atoms with Gasteiger partial charge in [0.25, 0.3) is 0 Å². The van der Waals surface area contributed by atoms with Crippen LogP contribution in [0.2, 0.25) is 0 Å². The van der Waals surface area contributed by atoms with Crippen LogP contribution in [0.25, 0.3) is 27.3 Å². The van der Waals surface area contributed by atoms with Crippen LogP contribution in [-0.2, 0) is 6.54 Å². The lowest BCUT2D eigenvalue weighted by atomic mass is 9.93. The Bertz CT molecular complexity index is 1210. The van der Waals surface area contributed by atoms with Crippen LogP contribution in [0.4, 0.5) is 9.52 Å². The number of aromatic nitrogens is 3. The van der Waals surface area contributed by atoms with Gasteiger partial charge in [0.1, 0.15) is 0 Å². The number of benzene rings is 2. The van der Waals surface area contributed by atoms with Gasteiger partial charge >= 0.3 is 0 Å². The molecule has 2 aromatic heterocycles. The summed E-state index contributed by atoms with van der Waals surface area (Å²) in [4.78, 5) is 9.15. The summed E-state index contributed by atoms with van der Waals surface area (Å²) in [5, 5.41) is 14.5. The Morgan fingerprint density at radius 3 is 2.97 bits per heavy atom. The fourth-order valence-corrected chi connectivity index (χ4v) is 5.23. The molecule has 0 radical (unpaired) electrons. The standard InChI is InChI=1S/C23H23FN4OS/c24-11-10-16-4-3-6-19-22(16)28(14-25-19)13-15-8-9-18-21(12-15)30-23(27-18)26-17-5-1-2-7-20(17)29/h3-4,6,8-12,14,17,20,29H,1-2,5,7,13H2,(H,26,27). The minimum absolute atomic E-state index is 0.0816. The maximum absolute atomic E-state index is 12.8. The van der Waals surface area contributed by atoms with Crippen LogP contribution < -0.4 is 5.32 Å². The summed E-state index contributed by atoms with van der Waals surface area (Å²) in [5.41, 5.74) is 4.66. The fraction of sp³-hybridized carbons (Fsp3) is 0.304. The van der Waals surface area contributed by atoms with E-state index in [2.05, 4.69) is 22.4 Å². The smallest absolute Gasteiger partial charge is 0.184 e. The molecule has 4 aromatic rings. The average Bonchev–Trinajstić information content (AvgIpc) is 3.34. The summed E-state index contributed by atoms with van der Waals surface area (Å²) in [7, 11) is 0. The highest BCUT2D eigenvalue weighted by Gasteiger charge is 2.23. The van der Waals surface area contributed by atoms with Gasteiger partial charge in [0, 0.05) is 12.1 Å². The van der Waals surface area contributed by atoms with E-state index < -0.39 is 0 Å². The topological polar surface area (TPSA) is 63.0 Å². The number of aliphatic hydroxyl groups is 1. The molecule has 2 unspecified atom stereocenters. The zero-order chi connectivity index (χ0) is 20.5. The number of nitrogens with one attached hydrogen (secondary N) is 1. The molecular weight excluding hydrogens is 399 g/mol. The molecule has 1 fully saturated rings. The van der Waals surface area contributed by atoms with Crippen molar-refractivity contribution in [1.82, 2.24) is 14.5 Å². The van der Waals surface area contributed by atoms with E-state index >= 15 is 0 Å². The molecule has 2 aromatic carbocycles. The summed E-state index contributed by atoms with van der Waals surface area (Å²) in [5.74, 6) is 0. The van der Waals surface area contributed by atoms with Crippen molar-refractivity contribution in [3.8, 4) is 0 Å². The van der Waals surface area contributed by atoms with Gasteiger partial charge in [0.15, 0.2) is 5.13 Å². The number of thiazole rings is 1. The molecule has 5 nitrogen and oxygen atoms in total. The number of hydrogen-bond donors (Lipinski definition) is 2. The molecule has 0 spiro atoms. The van der Waals surface area contributed by atoms with E-state index in [0.717, 1.165) is 63.2 Å². The van der Waals surface area contributed by atoms with Crippen LogP contribution in [0.15, 0.2) is 49.1 Å². The molecular formula is C23H23FN4OS. The molecule has 30 heavy (non-hydrogen) atoms. The largest absolute Gasteiger partial charge is 0.391 e. The minimum atomic E-state index is -0.302. The monoisotopic (exact) mass is 422 g/mol. The van der Waals surface area contributed by atoms with Gasteiger partial charge in [-0.1, -0.05) is 42.4 Å². The molecule has 2 atom stereocenters. The first-order valence-electron chi connectivity index (χ1n) is 10.3. The van der Waals surface area contributed by atoms with Gasteiger partial charge in [-0.2, -0.15) is 0 Å². The maximum atomic E-state index is 12.8. The minimum Gasteiger partial charge on any atom is -0.391 e. The first-order chi connectivity index (χ1) is 14.7. The predicted molar refractivity (Wildman–Crippen MR) is 120 cm³/mol. The summed E-state index contributed by atoms with van der Waals surface area (Å²) in [6, 6.07) is 12.0. The second-order valence-corrected chi connectivity index (χ2v) is 8.83. The van der Waals surface area contributed by atoms with Crippen LogP contribution in [-0.4, -0.2) is 31.8 Å². The molecule has 1 saturated carbocycles. The number of hydrogen-bond acceptors (Lipinski definition) is 5. The highest BCUT2D eigenvalue weighted by Crippen LogP contribution is 2.30. The third-order valence-electron chi connectivity index (χ3n) is 5.76. The third kappa shape index (κ3) is 3.70. The molecule has 1 aliphatic rings. The number of anilines is 1. The van der Waals surface area contributed by atoms with Crippen LogP contribution >= 0.6 is 11.3 Å². The molecule has 0 amide bonds. The number of imidazole rings is 1. The van der Waals surface area contributed by atoms with Gasteiger partial charge < -0.3 is 15.0 Å². The van der Waals surface area contributed by atoms with E-state index in [1.54, 1.807) is 17.7 Å². The summed E-state index contributed by atoms with van der Waals surface area (Å²) in [6.45, 7) is 0.644. The van der Waals surface area contributed by atoms with Crippen molar-refractivity contribution < 1.29 is 9.50 Å². The zero-order valence-electron chi connectivity index (χ0n) is 16.5. The molecule has 0 aliphatic heterocycles. The number of halogens is 1. The highest BCUT2D eigenvalue weighted by molar-refractivity contribution is 7.22. The molecule has 7 heteroatoms. The van der Waals surface area contributed by atoms with E-state index in [0.29, 0.717) is 12.9 Å². The van der Waals surface area contributed by atoms with Crippen molar-refractivity contribution in [1.29, 1.82) is 0 Å². The number of nitrogens with zero attached hydrogens (tertiary/aromatic N) is 3. The Kier molecular flexibility index (Phi) is 5.23. The van der Waals surface area contributed by atoms with Crippen molar-refractivity contribution in [3.63, 3.8) is 0 Å². The molecule has 154 valence electrons. The van der Waals surface area contributed by atoms with Gasteiger partial charge in [-0.05, 0) is 42.7 Å². The zero-order valence-corrected chi connectivity index (χ0v) is 17.3. The molecule has 2 heterocycles. The van der Waals surface area contributed by atoms with Crippen LogP contribution in [0.3, 0.4) is 0 Å². The van der Waals surface area contributed by atoms with Crippen LogP contribution in [0.1, 0.15) is 36.8 Å². The molecule has 1 aliphatic carbocycles. The van der Waals surface area contributed by atoms with Gasteiger partial charge in [0.2, 0.25) is 0 Å². The molecule has 2 N–H and O–H groups in total. The number of rotatable bonds is 5. The Hall–Kier alpha value is -2.77. The quantitative estimate of drug-likeness (QED) is 0.455. The highest BCUT2D eigenvalue weighted by atomic mass is 32.1. The lowest BCUT2D eigenvalue weighted by Gasteiger charge is -2.27. The molecule has 0 bridgehead atoms. The third-order valence-corrected chi connectivity index (χ3v) is 6.71. The van der Waals surface area contributed by atoms with Crippen molar-refractivity contribution in [2.24, 2.45) is 0 Å². The molecule has 0 saturated heterocycles. The van der Waals surface area contributed by atoms with E-state index in [-0.39, 0.29) is 12.1 Å². The lowest BCUT2D eigenvalue weighted by Crippen LogP contribution is -2.36. The predicted octanol–water partition coefficient (Wildman–Crippen LogP) is 5.35. The van der Waals surface area contributed by atoms with Gasteiger partial charge in [0.05, 0.1) is 46.1 Å². The Morgan fingerprint density at radius 1 is 1.20 bits per heavy atom. The summed E-state index contributed by atoms with van der Waals surface area (Å²) < 4.78 is 16.0. The van der Waals surface area contributed by atoms with E-state index in [4.69, 9.17) is 4.98 Å². The second-order valence-electron chi connectivity index (χ2n) is 7.80. The van der Waals surface area contributed by atoms with Crippen LogP contribution in [0.5, 0.6) is 0 Å². The van der Waals surface area contributed by atoms with Crippen molar-refractivity contribution >= 4 is 43.8 Å². The summed E-state index contributed by atoms with van der Waals surface area (Å²) >= 11 is 1.62. The van der Waals surface area contributed by atoms with Crippen molar-refractivity contribution in [2.45, 2.75) is 44.4 Å². The fourth-order valence-electron chi connectivity index (χ4n) is 4.24. The van der Waals surface area contributed by atoms with Gasteiger partial charge in [-0.3, -0.25) is 0 Å². The lowest BCUT2D eigenvalue weighted by molar-refractivity contribution is 0.116. The second kappa shape index (κ2) is 8.16. The van der Waals surface area contributed by atoms with E-state index in [9.17, 15) is 9.50 Å². The number of para-hydroxylation sites is 1. The normalized spacial score (nSPS) is 19.8. The Labute approximate surface area is 177 Å².